The third-order valence-corrected chi connectivity index (χ3v) is 4.34. The molecule has 4 nitrogen and oxygen atoms in total. The first-order valence-electron chi connectivity index (χ1n) is 7.30. The second kappa shape index (κ2) is 7.18. The van der Waals surface area contributed by atoms with Crippen LogP contribution in [-0.2, 0) is 17.8 Å². The summed E-state index contributed by atoms with van der Waals surface area (Å²) >= 11 is 7.56. The SMILES string of the molecule is CCCCc1nc2sc(Cl)cc2c(=NC(C)=O)n1CCC. The number of unbranched alkanes of at least 4 members (excludes halogenated alkanes) is 1. The Labute approximate surface area is 133 Å². The predicted molar refractivity (Wildman–Crippen MR) is 87.8 cm³/mol. The van der Waals surface area contributed by atoms with Gasteiger partial charge in [-0.2, -0.15) is 4.99 Å². The summed E-state index contributed by atoms with van der Waals surface area (Å²) in [6, 6.07) is 1.85. The van der Waals surface area contributed by atoms with Gasteiger partial charge in [-0.3, -0.25) is 4.79 Å². The third kappa shape index (κ3) is 3.71. The average molecular weight is 326 g/mol. The van der Waals surface area contributed by atoms with Gasteiger partial charge in [0.15, 0.2) is 0 Å². The zero-order valence-electron chi connectivity index (χ0n) is 12.6. The number of halogens is 1. The lowest BCUT2D eigenvalue weighted by atomic mass is 10.2. The molecule has 0 aliphatic heterocycles. The number of aromatic nitrogens is 2. The minimum Gasteiger partial charge on any atom is -0.314 e. The lowest BCUT2D eigenvalue weighted by molar-refractivity contribution is -0.116. The van der Waals surface area contributed by atoms with Crippen molar-refractivity contribution < 1.29 is 4.79 Å². The van der Waals surface area contributed by atoms with Gasteiger partial charge in [0.25, 0.3) is 0 Å². The molecule has 6 heteroatoms. The van der Waals surface area contributed by atoms with E-state index >= 15 is 0 Å². The van der Waals surface area contributed by atoms with Crippen LogP contribution in [0, 0.1) is 0 Å². The van der Waals surface area contributed by atoms with Gasteiger partial charge >= 0.3 is 0 Å². The number of hydrogen-bond acceptors (Lipinski definition) is 3. The third-order valence-electron chi connectivity index (χ3n) is 3.19. The Morgan fingerprint density at radius 2 is 2.19 bits per heavy atom. The molecule has 1 amide bonds. The van der Waals surface area contributed by atoms with Gasteiger partial charge in [0, 0.05) is 19.9 Å². The molecule has 0 aliphatic carbocycles. The van der Waals surface area contributed by atoms with Crippen LogP contribution in [0.4, 0.5) is 0 Å². The number of hydrogen-bond donors (Lipinski definition) is 0. The average Bonchev–Trinajstić information content (AvgIpc) is 2.79. The molecule has 0 bridgehead atoms. The molecule has 2 heterocycles. The van der Waals surface area contributed by atoms with Gasteiger partial charge in [-0.1, -0.05) is 31.9 Å². The summed E-state index contributed by atoms with van der Waals surface area (Å²) < 4.78 is 2.75. The van der Waals surface area contributed by atoms with E-state index in [1.807, 2.05) is 6.07 Å². The molecule has 0 radical (unpaired) electrons. The van der Waals surface area contributed by atoms with Crippen LogP contribution >= 0.6 is 22.9 Å². The summed E-state index contributed by atoms with van der Waals surface area (Å²) in [4.78, 5) is 21.3. The second-order valence-electron chi connectivity index (χ2n) is 5.01. The van der Waals surface area contributed by atoms with E-state index in [-0.39, 0.29) is 5.91 Å². The molecule has 0 atom stereocenters. The van der Waals surface area contributed by atoms with E-state index in [2.05, 4.69) is 23.4 Å². The van der Waals surface area contributed by atoms with Crippen molar-refractivity contribution in [3.05, 3.63) is 21.7 Å². The summed E-state index contributed by atoms with van der Waals surface area (Å²) in [6.45, 7) is 6.55. The van der Waals surface area contributed by atoms with Gasteiger partial charge in [-0.15, -0.1) is 11.3 Å². The van der Waals surface area contributed by atoms with Crippen LogP contribution in [0.1, 0.15) is 45.9 Å². The van der Waals surface area contributed by atoms with Crippen LogP contribution in [0.3, 0.4) is 0 Å². The van der Waals surface area contributed by atoms with Crippen LogP contribution in [0.15, 0.2) is 11.1 Å². The molecule has 0 aliphatic rings. The van der Waals surface area contributed by atoms with Crippen molar-refractivity contribution in [3.63, 3.8) is 0 Å². The highest BCUT2D eigenvalue weighted by Crippen LogP contribution is 2.26. The van der Waals surface area contributed by atoms with Gasteiger partial charge in [-0.25, -0.2) is 4.98 Å². The fourth-order valence-electron chi connectivity index (χ4n) is 2.29. The quantitative estimate of drug-likeness (QED) is 0.835. The van der Waals surface area contributed by atoms with Gasteiger partial charge in [-0.05, 0) is 18.9 Å². The number of amides is 1. The molecule has 21 heavy (non-hydrogen) atoms. The van der Waals surface area contributed by atoms with Crippen LogP contribution in [0.2, 0.25) is 4.34 Å². The van der Waals surface area contributed by atoms with Crippen molar-refractivity contribution in [1.82, 2.24) is 9.55 Å². The first-order chi connectivity index (χ1) is 10.1. The molecule has 0 spiro atoms. The van der Waals surface area contributed by atoms with Crippen LogP contribution in [-0.4, -0.2) is 15.5 Å². The van der Waals surface area contributed by atoms with Crippen molar-refractivity contribution in [3.8, 4) is 0 Å². The van der Waals surface area contributed by atoms with E-state index in [9.17, 15) is 4.79 Å². The number of fused-ring (bicyclic) bond motifs is 1. The molecule has 0 aromatic carbocycles. The fourth-order valence-corrected chi connectivity index (χ4v) is 3.40. The number of thiophene rings is 1. The summed E-state index contributed by atoms with van der Waals surface area (Å²) in [5, 5.41) is 0.869. The topological polar surface area (TPSA) is 47.2 Å². The Morgan fingerprint density at radius 1 is 1.43 bits per heavy atom. The van der Waals surface area contributed by atoms with Crippen LogP contribution in [0.5, 0.6) is 0 Å². The minimum atomic E-state index is -0.198. The fraction of sp³-hybridized carbons (Fsp3) is 0.533. The highest BCUT2D eigenvalue weighted by molar-refractivity contribution is 7.22. The van der Waals surface area contributed by atoms with E-state index in [4.69, 9.17) is 16.6 Å². The van der Waals surface area contributed by atoms with E-state index in [0.717, 1.165) is 48.3 Å². The van der Waals surface area contributed by atoms with E-state index in [1.54, 1.807) is 0 Å². The van der Waals surface area contributed by atoms with Crippen molar-refractivity contribution in [2.24, 2.45) is 4.99 Å². The van der Waals surface area contributed by atoms with Crippen LogP contribution < -0.4 is 5.49 Å². The van der Waals surface area contributed by atoms with E-state index < -0.39 is 0 Å². The second-order valence-corrected chi connectivity index (χ2v) is 6.67. The Bertz CT molecular complexity index is 718. The van der Waals surface area contributed by atoms with Crippen molar-refractivity contribution >= 4 is 39.1 Å². The number of carbonyl (C=O) groups is 1. The minimum absolute atomic E-state index is 0.198. The maximum atomic E-state index is 11.5. The van der Waals surface area contributed by atoms with Gasteiger partial charge in [0.05, 0.1) is 9.72 Å². The maximum absolute atomic E-state index is 11.5. The number of aryl methyl sites for hydroxylation is 1. The standard InChI is InChI=1S/C15H20ClN3OS/c1-4-6-7-13-18-15-11(9-12(16)21-15)14(17-10(3)20)19(13)8-5-2/h9H,4-8H2,1-3H3. The first kappa shape index (κ1) is 16.2. The first-order valence-corrected chi connectivity index (χ1v) is 8.50. The highest BCUT2D eigenvalue weighted by atomic mass is 35.5. The molecule has 2 aromatic heterocycles. The molecule has 114 valence electrons. The maximum Gasteiger partial charge on any atom is 0.244 e. The van der Waals surface area contributed by atoms with Crippen molar-refractivity contribution in [2.75, 3.05) is 0 Å². The number of rotatable bonds is 5. The molecule has 2 rings (SSSR count). The zero-order chi connectivity index (χ0) is 15.4. The van der Waals surface area contributed by atoms with E-state index in [1.165, 1.54) is 18.3 Å². The van der Waals surface area contributed by atoms with Gasteiger partial charge in [0.2, 0.25) is 5.91 Å². The molecular weight excluding hydrogens is 306 g/mol. The Morgan fingerprint density at radius 3 is 2.81 bits per heavy atom. The largest absolute Gasteiger partial charge is 0.314 e. The predicted octanol–water partition coefficient (Wildman–Crippen LogP) is 3.95. The van der Waals surface area contributed by atoms with Crippen molar-refractivity contribution in [2.45, 2.75) is 53.0 Å². The molecule has 0 saturated heterocycles. The van der Waals surface area contributed by atoms with Gasteiger partial charge < -0.3 is 4.57 Å². The zero-order valence-corrected chi connectivity index (χ0v) is 14.2. The summed E-state index contributed by atoms with van der Waals surface area (Å²) in [6.07, 6.45) is 4.04. The lowest BCUT2D eigenvalue weighted by Gasteiger charge is -2.13. The van der Waals surface area contributed by atoms with Crippen LogP contribution in [0.25, 0.3) is 10.2 Å². The number of carbonyl (C=O) groups excluding carboxylic acids is 1. The lowest BCUT2D eigenvalue weighted by Crippen LogP contribution is -2.27. The molecule has 2 aromatic rings. The van der Waals surface area contributed by atoms with E-state index in [0.29, 0.717) is 9.82 Å². The Balaban J connectivity index is 2.76. The number of nitrogens with zero attached hydrogens (tertiary/aromatic N) is 3. The molecule has 0 N–H and O–H groups in total. The summed E-state index contributed by atoms with van der Waals surface area (Å²) in [7, 11) is 0. The summed E-state index contributed by atoms with van der Waals surface area (Å²) in [5.74, 6) is 0.792. The normalized spacial score (nSPS) is 12.3. The highest BCUT2D eigenvalue weighted by Gasteiger charge is 2.12. The molecular formula is C15H20ClN3OS. The molecule has 0 fully saturated rings. The Kier molecular flexibility index (Phi) is 5.53. The Hall–Kier alpha value is -1.20. The van der Waals surface area contributed by atoms with Crippen molar-refractivity contribution in [1.29, 1.82) is 0 Å². The van der Waals surface area contributed by atoms with Gasteiger partial charge in [0.1, 0.15) is 16.1 Å². The molecule has 0 saturated carbocycles. The molecule has 0 unspecified atom stereocenters. The smallest absolute Gasteiger partial charge is 0.244 e. The monoisotopic (exact) mass is 325 g/mol. The summed E-state index contributed by atoms with van der Waals surface area (Å²) in [5.41, 5.74) is 0.698.